The molecule has 1 nitrogen and oxygen atoms in total. The van der Waals surface area contributed by atoms with Gasteiger partial charge in [-0.3, -0.25) is 0 Å². The maximum Gasteiger partial charge on any atom is -0.00189 e. The first-order valence-electron chi connectivity index (χ1n) is 6.83. The molecular formula is C14H31N. The van der Waals surface area contributed by atoms with Crippen LogP contribution in [0.5, 0.6) is 0 Å². The highest BCUT2D eigenvalue weighted by molar-refractivity contribution is 4.76. The minimum absolute atomic E-state index is 0.918. The van der Waals surface area contributed by atoms with Crippen molar-refractivity contribution in [2.75, 3.05) is 20.1 Å². The predicted octanol–water partition coefficient (Wildman–Crippen LogP) is 4.04. The van der Waals surface area contributed by atoms with E-state index in [-0.39, 0.29) is 0 Å². The molecule has 1 aliphatic heterocycles. The predicted molar refractivity (Wildman–Crippen MR) is 70.2 cm³/mol. The number of hydrogen-bond donors (Lipinski definition) is 0. The van der Waals surface area contributed by atoms with Gasteiger partial charge in [0.05, 0.1) is 0 Å². The summed E-state index contributed by atoms with van der Waals surface area (Å²) in [6.45, 7) is 13.8. The Morgan fingerprint density at radius 3 is 2.27 bits per heavy atom. The van der Waals surface area contributed by atoms with E-state index in [0.717, 1.165) is 17.8 Å². The van der Waals surface area contributed by atoms with Crippen molar-refractivity contribution >= 4 is 0 Å². The van der Waals surface area contributed by atoms with Crippen LogP contribution in [0.15, 0.2) is 0 Å². The maximum absolute atomic E-state index is 2.48. The van der Waals surface area contributed by atoms with Crippen LogP contribution in [-0.4, -0.2) is 25.0 Å². The van der Waals surface area contributed by atoms with Crippen LogP contribution in [0.3, 0.4) is 0 Å². The average molecular weight is 213 g/mol. The van der Waals surface area contributed by atoms with Gasteiger partial charge in [-0.2, -0.15) is 0 Å². The first-order valence-corrected chi connectivity index (χ1v) is 6.83. The van der Waals surface area contributed by atoms with E-state index in [1.807, 2.05) is 13.8 Å². The number of rotatable bonds is 2. The summed E-state index contributed by atoms with van der Waals surface area (Å²) in [6, 6.07) is 0. The zero-order valence-electron chi connectivity index (χ0n) is 11.7. The topological polar surface area (TPSA) is 3.24 Å². The summed E-state index contributed by atoms with van der Waals surface area (Å²) in [7, 11) is 2.26. The van der Waals surface area contributed by atoms with Crippen LogP contribution in [-0.2, 0) is 0 Å². The molecule has 1 fully saturated rings. The van der Waals surface area contributed by atoms with Crippen molar-refractivity contribution in [1.82, 2.24) is 4.90 Å². The van der Waals surface area contributed by atoms with Gasteiger partial charge >= 0.3 is 0 Å². The Balaban J connectivity index is 0.000000921. The Bertz CT molecular complexity index is 144. The van der Waals surface area contributed by atoms with E-state index in [1.165, 1.54) is 32.4 Å². The minimum Gasteiger partial charge on any atom is -0.306 e. The molecule has 1 aliphatic rings. The van der Waals surface area contributed by atoms with Crippen LogP contribution in [0.25, 0.3) is 0 Å². The van der Waals surface area contributed by atoms with Gasteiger partial charge in [-0.25, -0.2) is 0 Å². The highest BCUT2D eigenvalue weighted by Gasteiger charge is 2.25. The van der Waals surface area contributed by atoms with Gasteiger partial charge in [0, 0.05) is 0 Å². The van der Waals surface area contributed by atoms with Gasteiger partial charge in [-0.15, -0.1) is 0 Å². The Hall–Kier alpha value is -0.0400. The molecule has 0 radical (unpaired) electrons. The standard InChI is InChI=1S/C12H25N.C2H6/c1-5-10(2)12-7-9-13(4)8-6-11(12)3;1-2/h10-12H,5-9H2,1-4H3;1-2H3. The van der Waals surface area contributed by atoms with Crippen LogP contribution in [0.2, 0.25) is 0 Å². The van der Waals surface area contributed by atoms with Gasteiger partial charge in [-0.05, 0) is 50.7 Å². The van der Waals surface area contributed by atoms with Gasteiger partial charge in [0.2, 0.25) is 0 Å². The van der Waals surface area contributed by atoms with Crippen LogP contribution >= 0.6 is 0 Å². The lowest BCUT2D eigenvalue weighted by Crippen LogP contribution is -2.20. The van der Waals surface area contributed by atoms with Crippen LogP contribution in [0, 0.1) is 17.8 Å². The lowest BCUT2D eigenvalue weighted by molar-refractivity contribution is 0.240. The fourth-order valence-electron chi connectivity index (χ4n) is 2.55. The largest absolute Gasteiger partial charge is 0.306 e. The molecule has 1 heteroatoms. The second-order valence-corrected chi connectivity index (χ2v) is 4.91. The molecule has 1 heterocycles. The average Bonchev–Trinajstić information content (AvgIpc) is 2.43. The smallest absolute Gasteiger partial charge is 0.00189 e. The second-order valence-electron chi connectivity index (χ2n) is 4.91. The molecule has 0 aromatic heterocycles. The molecule has 3 atom stereocenters. The van der Waals surface area contributed by atoms with Crippen molar-refractivity contribution in [1.29, 1.82) is 0 Å². The summed E-state index contributed by atoms with van der Waals surface area (Å²) >= 11 is 0. The molecule has 0 aromatic rings. The first kappa shape index (κ1) is 15.0. The zero-order valence-corrected chi connectivity index (χ0v) is 11.7. The van der Waals surface area contributed by atoms with Gasteiger partial charge < -0.3 is 4.90 Å². The lowest BCUT2D eigenvalue weighted by Gasteiger charge is -2.26. The second kappa shape index (κ2) is 8.15. The molecule has 0 amide bonds. The third kappa shape index (κ3) is 5.01. The molecular weight excluding hydrogens is 182 g/mol. The molecule has 0 spiro atoms. The Morgan fingerprint density at radius 2 is 1.73 bits per heavy atom. The molecule has 1 saturated heterocycles. The number of nitrogens with zero attached hydrogens (tertiary/aromatic N) is 1. The molecule has 0 saturated carbocycles. The summed E-state index contributed by atoms with van der Waals surface area (Å²) in [6.07, 6.45) is 4.15. The van der Waals surface area contributed by atoms with E-state index in [2.05, 4.69) is 32.7 Å². The summed E-state index contributed by atoms with van der Waals surface area (Å²) < 4.78 is 0. The lowest BCUT2D eigenvalue weighted by atomic mass is 9.79. The summed E-state index contributed by atoms with van der Waals surface area (Å²) in [5, 5.41) is 0. The van der Waals surface area contributed by atoms with Gasteiger partial charge in [0.25, 0.3) is 0 Å². The maximum atomic E-state index is 2.48. The van der Waals surface area contributed by atoms with E-state index in [0.29, 0.717) is 0 Å². The highest BCUT2D eigenvalue weighted by Crippen LogP contribution is 2.31. The fourth-order valence-corrected chi connectivity index (χ4v) is 2.55. The van der Waals surface area contributed by atoms with Crippen molar-refractivity contribution in [3.63, 3.8) is 0 Å². The Kier molecular flexibility index (Phi) is 8.13. The summed E-state index contributed by atoms with van der Waals surface area (Å²) in [5.74, 6) is 2.82. The van der Waals surface area contributed by atoms with E-state index in [9.17, 15) is 0 Å². The number of likely N-dealkylation sites (tertiary alicyclic amines) is 1. The van der Waals surface area contributed by atoms with E-state index < -0.39 is 0 Å². The van der Waals surface area contributed by atoms with E-state index in [4.69, 9.17) is 0 Å². The zero-order chi connectivity index (χ0) is 11.8. The van der Waals surface area contributed by atoms with Gasteiger partial charge in [0.1, 0.15) is 0 Å². The van der Waals surface area contributed by atoms with Gasteiger partial charge in [0.15, 0.2) is 0 Å². The molecule has 0 N–H and O–H groups in total. The fraction of sp³-hybridized carbons (Fsp3) is 1.00. The third-order valence-corrected chi connectivity index (χ3v) is 3.92. The van der Waals surface area contributed by atoms with Crippen molar-refractivity contribution in [3.8, 4) is 0 Å². The Labute approximate surface area is 97.2 Å². The molecule has 0 aromatic carbocycles. The molecule has 0 aliphatic carbocycles. The van der Waals surface area contributed by atoms with Gasteiger partial charge in [-0.1, -0.05) is 41.0 Å². The summed E-state index contributed by atoms with van der Waals surface area (Å²) in [4.78, 5) is 2.48. The first-order chi connectivity index (χ1) is 7.15. The minimum atomic E-state index is 0.918. The Morgan fingerprint density at radius 1 is 1.20 bits per heavy atom. The molecule has 1 rings (SSSR count). The monoisotopic (exact) mass is 213 g/mol. The van der Waals surface area contributed by atoms with E-state index >= 15 is 0 Å². The molecule has 92 valence electrons. The number of hydrogen-bond acceptors (Lipinski definition) is 1. The molecule has 3 unspecified atom stereocenters. The van der Waals surface area contributed by atoms with E-state index in [1.54, 1.807) is 0 Å². The van der Waals surface area contributed by atoms with Crippen LogP contribution in [0.1, 0.15) is 53.9 Å². The SMILES string of the molecule is CC.CCC(C)C1CCN(C)CCC1C. The van der Waals surface area contributed by atoms with Crippen molar-refractivity contribution in [2.45, 2.75) is 53.9 Å². The third-order valence-electron chi connectivity index (χ3n) is 3.92. The van der Waals surface area contributed by atoms with Crippen LogP contribution < -0.4 is 0 Å². The highest BCUT2D eigenvalue weighted by atomic mass is 15.1. The quantitative estimate of drug-likeness (QED) is 0.669. The van der Waals surface area contributed by atoms with Crippen molar-refractivity contribution in [2.24, 2.45) is 17.8 Å². The normalized spacial score (nSPS) is 30.0. The van der Waals surface area contributed by atoms with Crippen molar-refractivity contribution < 1.29 is 0 Å². The molecule has 0 bridgehead atoms. The van der Waals surface area contributed by atoms with Crippen molar-refractivity contribution in [3.05, 3.63) is 0 Å². The molecule has 15 heavy (non-hydrogen) atoms. The van der Waals surface area contributed by atoms with Crippen LogP contribution in [0.4, 0.5) is 0 Å². The summed E-state index contributed by atoms with van der Waals surface area (Å²) in [5.41, 5.74) is 0.